The molecule has 0 saturated carbocycles. The highest BCUT2D eigenvalue weighted by atomic mass is 13.8. The van der Waals surface area contributed by atoms with Crippen molar-refractivity contribution in [2.45, 2.75) is 12.8 Å². The predicted molar refractivity (Wildman–Crippen MR) is 110 cm³/mol. The average Bonchev–Trinajstić information content (AvgIpc) is 2.59. The lowest BCUT2D eigenvalue weighted by atomic mass is 10.2. The Morgan fingerprint density at radius 3 is 0.583 bits per heavy atom. The lowest BCUT2D eigenvalue weighted by Crippen LogP contribution is -1.63. The molecule has 0 heterocycles. The third-order valence-electron chi connectivity index (χ3n) is 2.88. The molecule has 0 nitrogen and oxygen atoms in total. The fourth-order valence-corrected chi connectivity index (χ4v) is 1.70. The average molecular weight is 314 g/mol. The van der Waals surface area contributed by atoms with Crippen molar-refractivity contribution >= 4 is 0 Å². The second-order valence-electron chi connectivity index (χ2n) is 4.90. The quantitative estimate of drug-likeness (QED) is 0.456. The molecular formula is C24H26. The van der Waals surface area contributed by atoms with Crippen molar-refractivity contribution in [1.29, 1.82) is 0 Å². The molecule has 1 rings (SSSR count). The summed E-state index contributed by atoms with van der Waals surface area (Å²) < 4.78 is 0. The Kier molecular flexibility index (Phi) is 13.2. The van der Waals surface area contributed by atoms with Crippen LogP contribution in [0.2, 0.25) is 0 Å². The summed E-state index contributed by atoms with van der Waals surface area (Å²) in [6.45, 7) is 0. The summed E-state index contributed by atoms with van der Waals surface area (Å²) in [4.78, 5) is 0. The SMILES string of the molecule is C1=CC=CC=CC=CC=CC=CCCC=CC=CC=CC=CC=C1. The fraction of sp³-hybridized carbons (Fsp3) is 0.0833. The highest BCUT2D eigenvalue weighted by Gasteiger charge is 1.74. The van der Waals surface area contributed by atoms with Crippen molar-refractivity contribution in [1.82, 2.24) is 0 Å². The van der Waals surface area contributed by atoms with E-state index in [0.29, 0.717) is 0 Å². The molecule has 0 N–H and O–H groups in total. The van der Waals surface area contributed by atoms with E-state index in [1.807, 2.05) is 97.2 Å². The highest BCUT2D eigenvalue weighted by Crippen LogP contribution is 1.94. The molecule has 1 aliphatic rings. The summed E-state index contributed by atoms with van der Waals surface area (Å²) in [7, 11) is 0. The minimum Gasteiger partial charge on any atom is -0.0842 e. The molecule has 0 aromatic heterocycles. The van der Waals surface area contributed by atoms with E-state index in [9.17, 15) is 0 Å². The smallest absolute Gasteiger partial charge is 0.0313 e. The van der Waals surface area contributed by atoms with E-state index >= 15 is 0 Å². The van der Waals surface area contributed by atoms with E-state index in [1.54, 1.807) is 0 Å². The summed E-state index contributed by atoms with van der Waals surface area (Å²) in [5, 5.41) is 0. The zero-order valence-corrected chi connectivity index (χ0v) is 14.1. The standard InChI is InChI=1S/C24H26/c1-2-4-6-8-10-12-14-16-18-20-22-24-23-21-19-17-15-13-11-9-7-5-3-1/h1-22H,23-24H2. The Morgan fingerprint density at radius 2 is 0.375 bits per heavy atom. The van der Waals surface area contributed by atoms with Gasteiger partial charge in [0, 0.05) is 0 Å². The van der Waals surface area contributed by atoms with Crippen molar-refractivity contribution in [3.8, 4) is 0 Å². The maximum absolute atomic E-state index is 2.18. The van der Waals surface area contributed by atoms with E-state index in [0.717, 1.165) is 12.8 Å². The van der Waals surface area contributed by atoms with Gasteiger partial charge in [0.05, 0.1) is 0 Å². The van der Waals surface area contributed by atoms with E-state index in [1.165, 1.54) is 0 Å². The zero-order valence-electron chi connectivity index (χ0n) is 14.1. The normalized spacial score (nSPS) is 16.7. The second kappa shape index (κ2) is 16.5. The van der Waals surface area contributed by atoms with Gasteiger partial charge in [-0.15, -0.1) is 0 Å². The monoisotopic (exact) mass is 314 g/mol. The van der Waals surface area contributed by atoms with Gasteiger partial charge >= 0.3 is 0 Å². The van der Waals surface area contributed by atoms with E-state index in [2.05, 4.69) is 36.5 Å². The van der Waals surface area contributed by atoms with E-state index in [-0.39, 0.29) is 0 Å². The van der Waals surface area contributed by atoms with Gasteiger partial charge in [0.25, 0.3) is 0 Å². The molecule has 24 heavy (non-hydrogen) atoms. The maximum atomic E-state index is 2.18. The van der Waals surface area contributed by atoms with Crippen molar-refractivity contribution in [2.75, 3.05) is 0 Å². The number of hydrogen-bond acceptors (Lipinski definition) is 0. The molecule has 122 valence electrons. The Bertz CT molecular complexity index is 565. The van der Waals surface area contributed by atoms with Gasteiger partial charge < -0.3 is 0 Å². The number of rotatable bonds is 0. The van der Waals surface area contributed by atoms with Gasteiger partial charge in [0.1, 0.15) is 0 Å². The summed E-state index contributed by atoms with van der Waals surface area (Å²) in [5.41, 5.74) is 0. The van der Waals surface area contributed by atoms with Crippen molar-refractivity contribution in [3.63, 3.8) is 0 Å². The molecule has 0 unspecified atom stereocenters. The molecule has 0 fully saturated rings. The molecule has 0 spiro atoms. The van der Waals surface area contributed by atoms with Gasteiger partial charge in [0.2, 0.25) is 0 Å². The molecule has 0 radical (unpaired) electrons. The minimum atomic E-state index is 1.06. The summed E-state index contributed by atoms with van der Waals surface area (Å²) >= 11 is 0. The summed E-state index contributed by atoms with van der Waals surface area (Å²) in [6, 6.07) is 0. The lowest BCUT2D eigenvalue weighted by molar-refractivity contribution is 1.05. The molecule has 1 aliphatic carbocycles. The fourth-order valence-electron chi connectivity index (χ4n) is 1.70. The van der Waals surface area contributed by atoms with Crippen LogP contribution in [0.25, 0.3) is 0 Å². The number of hydrogen-bond donors (Lipinski definition) is 0. The minimum absolute atomic E-state index is 1.06. The van der Waals surface area contributed by atoms with Gasteiger partial charge in [0.15, 0.2) is 0 Å². The van der Waals surface area contributed by atoms with Crippen LogP contribution >= 0.6 is 0 Å². The van der Waals surface area contributed by atoms with Crippen molar-refractivity contribution < 1.29 is 0 Å². The van der Waals surface area contributed by atoms with Crippen LogP contribution in [-0.4, -0.2) is 0 Å². The van der Waals surface area contributed by atoms with Crippen LogP contribution in [0.4, 0.5) is 0 Å². The summed E-state index contributed by atoms with van der Waals surface area (Å²) in [6.07, 6.45) is 47.0. The molecule has 0 heteroatoms. The zero-order chi connectivity index (χ0) is 17.0. The van der Waals surface area contributed by atoms with Crippen molar-refractivity contribution in [2.24, 2.45) is 0 Å². The van der Waals surface area contributed by atoms with Crippen LogP contribution in [0.15, 0.2) is 134 Å². The third-order valence-corrected chi connectivity index (χ3v) is 2.88. The molecule has 0 aromatic carbocycles. The van der Waals surface area contributed by atoms with Crippen molar-refractivity contribution in [3.05, 3.63) is 134 Å². The Labute approximate surface area is 147 Å². The predicted octanol–water partition coefficient (Wildman–Crippen LogP) is 6.90. The van der Waals surface area contributed by atoms with E-state index < -0.39 is 0 Å². The third kappa shape index (κ3) is 14.1. The van der Waals surface area contributed by atoms with Gasteiger partial charge in [-0.2, -0.15) is 0 Å². The molecule has 0 aliphatic heterocycles. The Hall–Kier alpha value is -2.86. The largest absolute Gasteiger partial charge is 0.0842 e. The Morgan fingerprint density at radius 1 is 0.208 bits per heavy atom. The molecular weight excluding hydrogens is 288 g/mol. The first-order valence-electron chi connectivity index (χ1n) is 8.32. The van der Waals surface area contributed by atoms with Crippen LogP contribution in [0, 0.1) is 0 Å². The van der Waals surface area contributed by atoms with Crippen LogP contribution in [-0.2, 0) is 0 Å². The van der Waals surface area contributed by atoms with E-state index in [4.69, 9.17) is 0 Å². The first kappa shape index (κ1) is 19.2. The summed E-state index contributed by atoms with van der Waals surface area (Å²) in [5.74, 6) is 0. The molecule has 0 atom stereocenters. The maximum Gasteiger partial charge on any atom is -0.0313 e. The first-order chi connectivity index (χ1) is 12.0. The van der Waals surface area contributed by atoms with Crippen LogP contribution in [0.3, 0.4) is 0 Å². The topological polar surface area (TPSA) is 0 Å². The highest BCUT2D eigenvalue weighted by molar-refractivity contribution is 5.22. The Balaban J connectivity index is 2.60. The van der Waals surface area contributed by atoms with Gasteiger partial charge in [-0.1, -0.05) is 134 Å². The lowest BCUT2D eigenvalue weighted by Gasteiger charge is -1.84. The van der Waals surface area contributed by atoms with Gasteiger partial charge in [-0.25, -0.2) is 0 Å². The molecule has 0 saturated heterocycles. The van der Waals surface area contributed by atoms with Gasteiger partial charge in [-0.05, 0) is 12.8 Å². The van der Waals surface area contributed by atoms with Crippen LogP contribution in [0.5, 0.6) is 0 Å². The molecule has 0 amide bonds. The first-order valence-corrected chi connectivity index (χ1v) is 8.32. The van der Waals surface area contributed by atoms with Crippen LogP contribution in [0.1, 0.15) is 12.8 Å². The second-order valence-corrected chi connectivity index (χ2v) is 4.90. The van der Waals surface area contributed by atoms with Gasteiger partial charge in [-0.3, -0.25) is 0 Å². The van der Waals surface area contributed by atoms with Crippen LogP contribution < -0.4 is 0 Å². The number of allylic oxidation sites excluding steroid dienone is 22. The molecule has 0 bridgehead atoms. The molecule has 0 aromatic rings.